The van der Waals surface area contributed by atoms with Gasteiger partial charge in [0.25, 0.3) is 0 Å². The third-order valence-electron chi connectivity index (χ3n) is 6.68. The molecule has 0 aliphatic carbocycles. The molecule has 0 spiro atoms. The van der Waals surface area contributed by atoms with Gasteiger partial charge in [-0.15, -0.1) is 0 Å². The first-order valence-corrected chi connectivity index (χ1v) is 13.7. The minimum absolute atomic E-state index is 0.0439. The van der Waals surface area contributed by atoms with Crippen LogP contribution in [0.25, 0.3) is 12.2 Å². The summed E-state index contributed by atoms with van der Waals surface area (Å²) in [5.74, 6) is 0.191. The lowest BCUT2D eigenvalue weighted by Gasteiger charge is -2.31. The zero-order valence-electron chi connectivity index (χ0n) is 21.9. The van der Waals surface area contributed by atoms with E-state index in [0.717, 1.165) is 16.7 Å². The highest BCUT2D eigenvalue weighted by molar-refractivity contribution is 7.89. The molecule has 2 heterocycles. The summed E-state index contributed by atoms with van der Waals surface area (Å²) in [4.78, 5) is 13.0. The number of aromatic nitrogens is 1. The van der Waals surface area contributed by atoms with Crippen molar-refractivity contribution < 1.29 is 22.5 Å². The molecule has 2 aromatic carbocycles. The van der Waals surface area contributed by atoms with Crippen LogP contribution in [0.2, 0.25) is 0 Å². The fourth-order valence-corrected chi connectivity index (χ4v) is 6.61. The first kappa shape index (κ1) is 26.6. The summed E-state index contributed by atoms with van der Waals surface area (Å²) in [6, 6.07) is 11.2. The van der Waals surface area contributed by atoms with Gasteiger partial charge in [-0.2, -0.15) is 4.31 Å². The summed E-state index contributed by atoms with van der Waals surface area (Å²) in [5, 5.41) is 6.84. The van der Waals surface area contributed by atoms with E-state index in [1.165, 1.54) is 9.87 Å². The predicted molar refractivity (Wildman–Crippen MR) is 144 cm³/mol. The number of sulfonamides is 1. The Morgan fingerprint density at radius 1 is 1.11 bits per heavy atom. The van der Waals surface area contributed by atoms with Gasteiger partial charge in [0.15, 0.2) is 10.7 Å². The van der Waals surface area contributed by atoms with E-state index >= 15 is 0 Å². The van der Waals surface area contributed by atoms with Crippen LogP contribution in [0.15, 0.2) is 45.8 Å². The first-order valence-electron chi connectivity index (χ1n) is 12.3. The van der Waals surface area contributed by atoms with Crippen molar-refractivity contribution in [1.29, 1.82) is 0 Å². The van der Waals surface area contributed by atoms with Gasteiger partial charge in [0.2, 0.25) is 15.9 Å². The van der Waals surface area contributed by atoms with E-state index in [1.54, 1.807) is 44.4 Å². The molecular formula is C28H33N3O5S. The molecule has 1 atom stereocenters. The van der Waals surface area contributed by atoms with Crippen molar-refractivity contribution in [3.05, 3.63) is 70.1 Å². The summed E-state index contributed by atoms with van der Waals surface area (Å²) >= 11 is 0. The molecule has 1 saturated heterocycles. The predicted octanol–water partition coefficient (Wildman–Crippen LogP) is 5.13. The SMILES string of the molecule is COc1ccc(NC(=O)C2CCCN(S(=O)(=O)c3c(C)noc3/C=C/c3c(C)cc(C)cc3C)C2)cc1. The van der Waals surface area contributed by atoms with Gasteiger partial charge in [-0.05, 0) is 87.6 Å². The van der Waals surface area contributed by atoms with Crippen LogP contribution in [0.5, 0.6) is 5.75 Å². The number of aryl methyl sites for hydroxylation is 4. The second kappa shape index (κ2) is 10.9. The number of carbonyl (C=O) groups excluding carboxylic acids is 1. The molecule has 196 valence electrons. The fourth-order valence-electron chi connectivity index (χ4n) is 4.83. The smallest absolute Gasteiger partial charge is 0.248 e. The molecule has 0 radical (unpaired) electrons. The van der Waals surface area contributed by atoms with Gasteiger partial charge in [0, 0.05) is 18.8 Å². The lowest BCUT2D eigenvalue weighted by molar-refractivity contribution is -0.120. The van der Waals surface area contributed by atoms with Crippen molar-refractivity contribution in [1.82, 2.24) is 9.46 Å². The molecule has 4 rings (SSSR count). The van der Waals surface area contributed by atoms with Gasteiger partial charge < -0.3 is 14.6 Å². The number of amides is 1. The third-order valence-corrected chi connectivity index (χ3v) is 8.71. The fraction of sp³-hybridized carbons (Fsp3) is 0.357. The second-order valence-electron chi connectivity index (χ2n) is 9.53. The van der Waals surface area contributed by atoms with E-state index in [2.05, 4.69) is 22.6 Å². The van der Waals surface area contributed by atoms with Crippen molar-refractivity contribution in [2.45, 2.75) is 45.4 Å². The van der Waals surface area contributed by atoms with Crippen LogP contribution in [0.1, 0.15) is 46.5 Å². The largest absolute Gasteiger partial charge is 0.497 e. The molecule has 0 saturated carbocycles. The summed E-state index contributed by atoms with van der Waals surface area (Å²) in [5.41, 5.74) is 5.29. The van der Waals surface area contributed by atoms with Crippen LogP contribution >= 0.6 is 0 Å². The Labute approximate surface area is 218 Å². The van der Waals surface area contributed by atoms with E-state index in [1.807, 2.05) is 26.8 Å². The molecule has 3 aromatic rings. The Bertz CT molecular complexity index is 1400. The highest BCUT2D eigenvalue weighted by atomic mass is 32.2. The Morgan fingerprint density at radius 3 is 2.43 bits per heavy atom. The zero-order valence-corrected chi connectivity index (χ0v) is 22.7. The minimum atomic E-state index is -3.93. The standard InChI is InChI=1S/C28H33N3O5S/c1-18-15-19(2)25(20(3)16-18)12-13-26-27(21(4)30-36-26)37(33,34)31-14-6-7-22(17-31)28(32)29-23-8-10-24(35-5)11-9-23/h8-13,15-16,22H,6-7,14,17H2,1-5H3,(H,29,32)/b13-12+. The number of benzene rings is 2. The van der Waals surface area contributed by atoms with Gasteiger partial charge in [-0.3, -0.25) is 4.79 Å². The number of hydrogen-bond donors (Lipinski definition) is 1. The van der Waals surface area contributed by atoms with E-state index in [9.17, 15) is 13.2 Å². The Morgan fingerprint density at radius 2 is 1.78 bits per heavy atom. The maximum absolute atomic E-state index is 13.7. The second-order valence-corrected chi connectivity index (χ2v) is 11.4. The molecule has 1 aromatic heterocycles. The van der Waals surface area contributed by atoms with Gasteiger partial charge >= 0.3 is 0 Å². The van der Waals surface area contributed by atoms with Gasteiger partial charge in [0.1, 0.15) is 11.4 Å². The average molecular weight is 524 g/mol. The average Bonchev–Trinajstić information content (AvgIpc) is 3.25. The normalized spacial score (nSPS) is 16.7. The number of nitrogens with zero attached hydrogens (tertiary/aromatic N) is 2. The van der Waals surface area contributed by atoms with Crippen molar-refractivity contribution in [3.8, 4) is 5.75 Å². The Hall–Kier alpha value is -3.43. The highest BCUT2D eigenvalue weighted by Crippen LogP contribution is 2.30. The maximum atomic E-state index is 13.7. The first-order chi connectivity index (χ1) is 17.6. The van der Waals surface area contributed by atoms with Crippen LogP contribution in [0, 0.1) is 33.6 Å². The summed E-state index contributed by atoms with van der Waals surface area (Å²) in [7, 11) is -2.35. The molecular weight excluding hydrogens is 490 g/mol. The molecule has 0 bridgehead atoms. The van der Waals surface area contributed by atoms with Gasteiger partial charge in [0.05, 0.1) is 13.0 Å². The minimum Gasteiger partial charge on any atom is -0.497 e. The topological polar surface area (TPSA) is 102 Å². The van der Waals surface area contributed by atoms with Crippen LogP contribution in [0.4, 0.5) is 5.69 Å². The highest BCUT2D eigenvalue weighted by Gasteiger charge is 2.37. The van der Waals surface area contributed by atoms with E-state index in [0.29, 0.717) is 36.5 Å². The third kappa shape index (κ3) is 5.78. The maximum Gasteiger partial charge on any atom is 0.248 e. The quantitative estimate of drug-likeness (QED) is 0.461. The Balaban J connectivity index is 1.54. The van der Waals surface area contributed by atoms with E-state index in [4.69, 9.17) is 9.26 Å². The number of ether oxygens (including phenoxy) is 1. The molecule has 8 nitrogen and oxygen atoms in total. The number of rotatable bonds is 7. The number of carbonyl (C=O) groups is 1. The summed E-state index contributed by atoms with van der Waals surface area (Å²) in [6.45, 7) is 8.13. The van der Waals surface area contributed by atoms with Crippen LogP contribution < -0.4 is 10.1 Å². The molecule has 1 fully saturated rings. The lowest BCUT2D eigenvalue weighted by Crippen LogP contribution is -2.43. The van der Waals surface area contributed by atoms with E-state index < -0.39 is 15.9 Å². The molecule has 1 unspecified atom stereocenters. The lowest BCUT2D eigenvalue weighted by atomic mass is 9.98. The monoisotopic (exact) mass is 523 g/mol. The number of nitrogens with one attached hydrogen (secondary N) is 1. The van der Waals surface area contributed by atoms with Crippen LogP contribution in [-0.2, 0) is 14.8 Å². The molecule has 1 N–H and O–H groups in total. The van der Waals surface area contributed by atoms with Crippen molar-refractivity contribution in [3.63, 3.8) is 0 Å². The van der Waals surface area contributed by atoms with Crippen molar-refractivity contribution >= 4 is 33.8 Å². The van der Waals surface area contributed by atoms with Crippen LogP contribution in [-0.4, -0.2) is 44.0 Å². The summed E-state index contributed by atoms with van der Waals surface area (Å²) in [6.07, 6.45) is 4.71. The zero-order chi connectivity index (χ0) is 26.7. The number of hydrogen-bond acceptors (Lipinski definition) is 6. The molecule has 1 aliphatic heterocycles. The number of piperidine rings is 1. The molecule has 9 heteroatoms. The summed E-state index contributed by atoms with van der Waals surface area (Å²) < 4.78 is 39.4. The number of anilines is 1. The number of methoxy groups -OCH3 is 1. The van der Waals surface area contributed by atoms with Crippen molar-refractivity contribution in [2.24, 2.45) is 5.92 Å². The molecule has 1 amide bonds. The van der Waals surface area contributed by atoms with E-state index in [-0.39, 0.29) is 23.1 Å². The van der Waals surface area contributed by atoms with Crippen molar-refractivity contribution in [2.75, 3.05) is 25.5 Å². The Kier molecular flexibility index (Phi) is 7.85. The van der Waals surface area contributed by atoms with Gasteiger partial charge in [-0.25, -0.2) is 8.42 Å². The molecule has 37 heavy (non-hydrogen) atoms. The molecule has 1 aliphatic rings. The van der Waals surface area contributed by atoms with Gasteiger partial charge in [-0.1, -0.05) is 28.9 Å². The van der Waals surface area contributed by atoms with Crippen LogP contribution in [0.3, 0.4) is 0 Å².